The number of rotatable bonds is 13. The standard InChI is InChI=1S/C30H36F3N3O3/c1-5-7-8-9-10-13-21-36(4)28(22-23(3)14-6-2)38-27-16-12-11-15-26(27)35-29(37)34-24-17-19-25(20-18-24)39-30(31,32)33/h7-8,10-20,22H,5-6,9,21H2,1-4H3,(H2,34,35,37)/b8-7-,13-10-,23-14+,28-22+. The largest absolute Gasteiger partial charge is 0.573 e. The first-order valence-corrected chi connectivity index (χ1v) is 12.7. The molecule has 6 nitrogen and oxygen atoms in total. The van der Waals surface area contributed by atoms with Gasteiger partial charge in [0.2, 0.25) is 0 Å². The number of halogens is 3. The van der Waals surface area contributed by atoms with Gasteiger partial charge in [0.1, 0.15) is 5.75 Å². The summed E-state index contributed by atoms with van der Waals surface area (Å²) in [5, 5.41) is 5.33. The molecule has 2 amide bonds. The molecule has 0 aliphatic heterocycles. The number of likely N-dealkylation sites (N-methyl/N-ethyl adjacent to an activating group) is 1. The third kappa shape index (κ3) is 12.3. The van der Waals surface area contributed by atoms with Crippen molar-refractivity contribution in [3.05, 3.63) is 96.4 Å². The summed E-state index contributed by atoms with van der Waals surface area (Å²) < 4.78 is 47.2. The number of anilines is 2. The third-order valence-electron chi connectivity index (χ3n) is 5.17. The summed E-state index contributed by atoms with van der Waals surface area (Å²) in [5.74, 6) is 0.648. The van der Waals surface area contributed by atoms with E-state index in [1.807, 2.05) is 24.9 Å². The van der Waals surface area contributed by atoms with E-state index < -0.39 is 12.4 Å². The molecule has 0 bridgehead atoms. The van der Waals surface area contributed by atoms with E-state index in [0.29, 0.717) is 29.6 Å². The predicted molar refractivity (Wildman–Crippen MR) is 151 cm³/mol. The molecule has 2 aromatic rings. The summed E-state index contributed by atoms with van der Waals surface area (Å²) in [4.78, 5) is 14.6. The van der Waals surface area contributed by atoms with Crippen LogP contribution in [0, 0.1) is 0 Å². The summed E-state index contributed by atoms with van der Waals surface area (Å²) in [5.41, 5.74) is 1.75. The highest BCUT2D eigenvalue weighted by molar-refractivity contribution is 6.00. The molecule has 0 saturated carbocycles. The lowest BCUT2D eigenvalue weighted by atomic mass is 10.2. The number of carbonyl (C=O) groups is 1. The molecule has 0 radical (unpaired) electrons. The molecular formula is C30H36F3N3O3. The molecule has 39 heavy (non-hydrogen) atoms. The van der Waals surface area contributed by atoms with E-state index in [2.05, 4.69) is 59.6 Å². The van der Waals surface area contributed by atoms with Crippen LogP contribution in [0.25, 0.3) is 0 Å². The highest BCUT2D eigenvalue weighted by Gasteiger charge is 2.31. The Morgan fingerprint density at radius 1 is 0.949 bits per heavy atom. The van der Waals surface area contributed by atoms with E-state index in [1.54, 1.807) is 24.3 Å². The summed E-state index contributed by atoms with van der Waals surface area (Å²) in [6, 6.07) is 11.3. The summed E-state index contributed by atoms with van der Waals surface area (Å²) in [6.45, 7) is 6.77. The molecule has 0 saturated heterocycles. The van der Waals surface area contributed by atoms with E-state index in [1.165, 1.54) is 12.1 Å². The number of urea groups is 1. The van der Waals surface area contributed by atoms with Gasteiger partial charge in [-0.25, -0.2) is 4.79 Å². The molecule has 0 fully saturated rings. The van der Waals surface area contributed by atoms with E-state index in [4.69, 9.17) is 4.74 Å². The molecule has 210 valence electrons. The van der Waals surface area contributed by atoms with Crippen molar-refractivity contribution >= 4 is 17.4 Å². The summed E-state index contributed by atoms with van der Waals surface area (Å²) >= 11 is 0. The second-order valence-corrected chi connectivity index (χ2v) is 8.56. The number of hydrogen-bond donors (Lipinski definition) is 2. The molecule has 2 rings (SSSR count). The fourth-order valence-corrected chi connectivity index (χ4v) is 3.35. The average Bonchev–Trinajstić information content (AvgIpc) is 2.87. The Morgan fingerprint density at radius 2 is 1.64 bits per heavy atom. The number of alkyl halides is 3. The first kappa shape index (κ1) is 31.1. The quantitative estimate of drug-likeness (QED) is 0.151. The van der Waals surface area contributed by atoms with Gasteiger partial charge in [-0.1, -0.05) is 56.4 Å². The zero-order valence-electron chi connectivity index (χ0n) is 22.7. The first-order chi connectivity index (χ1) is 18.6. The van der Waals surface area contributed by atoms with Crippen LogP contribution in [0.15, 0.2) is 96.4 Å². The molecule has 2 N–H and O–H groups in total. The number of para-hydroxylation sites is 2. The zero-order chi connectivity index (χ0) is 28.7. The van der Waals surface area contributed by atoms with Crippen molar-refractivity contribution in [1.82, 2.24) is 4.90 Å². The monoisotopic (exact) mass is 543 g/mol. The van der Waals surface area contributed by atoms with E-state index in [-0.39, 0.29) is 5.75 Å². The molecule has 0 unspecified atom stereocenters. The maximum Gasteiger partial charge on any atom is 0.573 e. The predicted octanol–water partition coefficient (Wildman–Crippen LogP) is 8.65. The van der Waals surface area contributed by atoms with E-state index >= 15 is 0 Å². The van der Waals surface area contributed by atoms with Gasteiger partial charge in [-0.2, -0.15) is 0 Å². The minimum atomic E-state index is -4.79. The van der Waals surface area contributed by atoms with Gasteiger partial charge >= 0.3 is 12.4 Å². The van der Waals surface area contributed by atoms with Crippen molar-refractivity contribution in [3.63, 3.8) is 0 Å². The van der Waals surface area contributed by atoms with Crippen LogP contribution in [-0.4, -0.2) is 30.9 Å². The average molecular weight is 544 g/mol. The molecule has 0 spiro atoms. The van der Waals surface area contributed by atoms with Crippen molar-refractivity contribution in [2.45, 2.75) is 46.4 Å². The summed E-state index contributed by atoms with van der Waals surface area (Å²) in [6.07, 6.45) is 10.4. The van der Waals surface area contributed by atoms with Gasteiger partial charge in [0.25, 0.3) is 0 Å². The Labute approximate surface area is 228 Å². The number of carbonyl (C=O) groups excluding carboxylic acids is 1. The number of benzene rings is 2. The Morgan fingerprint density at radius 3 is 2.31 bits per heavy atom. The van der Waals surface area contributed by atoms with Crippen LogP contribution in [0.2, 0.25) is 0 Å². The lowest BCUT2D eigenvalue weighted by Crippen LogP contribution is -2.23. The number of nitrogens with zero attached hydrogens (tertiary/aromatic N) is 1. The van der Waals surface area contributed by atoms with Gasteiger partial charge in [0.05, 0.1) is 5.69 Å². The van der Waals surface area contributed by atoms with E-state index in [9.17, 15) is 18.0 Å². The van der Waals surface area contributed by atoms with Crippen LogP contribution in [0.4, 0.5) is 29.3 Å². The Kier molecular flexibility index (Phi) is 12.7. The number of nitrogens with one attached hydrogen (secondary N) is 2. The van der Waals surface area contributed by atoms with Crippen molar-refractivity contribution < 1.29 is 27.4 Å². The van der Waals surface area contributed by atoms with Gasteiger partial charge in [0.15, 0.2) is 11.6 Å². The molecule has 0 aromatic heterocycles. The number of amides is 2. The van der Waals surface area contributed by atoms with Gasteiger partial charge in [0, 0.05) is 25.4 Å². The van der Waals surface area contributed by atoms with Gasteiger partial charge in [-0.15, -0.1) is 13.2 Å². The van der Waals surface area contributed by atoms with Crippen LogP contribution in [0.5, 0.6) is 11.5 Å². The number of allylic oxidation sites excluding steroid dienone is 6. The fraction of sp³-hybridized carbons (Fsp3) is 0.300. The van der Waals surface area contributed by atoms with Crippen molar-refractivity contribution in [2.24, 2.45) is 0 Å². The van der Waals surface area contributed by atoms with Crippen LogP contribution in [-0.2, 0) is 0 Å². The highest BCUT2D eigenvalue weighted by atomic mass is 19.4. The molecule has 0 aliphatic carbocycles. The summed E-state index contributed by atoms with van der Waals surface area (Å²) in [7, 11) is 1.92. The fourth-order valence-electron chi connectivity index (χ4n) is 3.35. The molecule has 0 aliphatic rings. The van der Waals surface area contributed by atoms with Crippen LogP contribution < -0.4 is 20.1 Å². The lowest BCUT2D eigenvalue weighted by Gasteiger charge is -2.23. The minimum Gasteiger partial charge on any atom is -0.439 e. The van der Waals surface area contributed by atoms with E-state index in [0.717, 1.165) is 37.0 Å². The Bertz CT molecular complexity index is 1170. The smallest absolute Gasteiger partial charge is 0.439 e. The molecule has 9 heteroatoms. The number of hydrogen-bond acceptors (Lipinski definition) is 4. The Hall–Kier alpha value is -4.14. The van der Waals surface area contributed by atoms with Gasteiger partial charge in [-0.3, -0.25) is 0 Å². The molecular weight excluding hydrogens is 507 g/mol. The van der Waals surface area contributed by atoms with Crippen molar-refractivity contribution in [1.29, 1.82) is 0 Å². The maximum absolute atomic E-state index is 12.6. The molecule has 0 heterocycles. The zero-order valence-corrected chi connectivity index (χ0v) is 22.7. The molecule has 2 aromatic carbocycles. The SMILES string of the molecule is CC/C=C\C/C=C\CN(C)/C(=C\C(C)=C\CC)Oc1ccccc1NC(=O)Nc1ccc(OC(F)(F)F)cc1. The van der Waals surface area contributed by atoms with Gasteiger partial charge in [-0.05, 0) is 68.2 Å². The maximum atomic E-state index is 12.6. The third-order valence-corrected chi connectivity index (χ3v) is 5.17. The highest BCUT2D eigenvalue weighted by Crippen LogP contribution is 2.28. The topological polar surface area (TPSA) is 62.8 Å². The second kappa shape index (κ2) is 16.0. The normalized spacial score (nSPS) is 12.6. The van der Waals surface area contributed by atoms with Crippen molar-refractivity contribution in [3.8, 4) is 11.5 Å². The first-order valence-electron chi connectivity index (χ1n) is 12.7. The second-order valence-electron chi connectivity index (χ2n) is 8.56. The molecule has 0 atom stereocenters. The minimum absolute atomic E-state index is 0.293. The van der Waals surface area contributed by atoms with Crippen molar-refractivity contribution in [2.75, 3.05) is 24.2 Å². The number of ether oxygens (including phenoxy) is 2. The van der Waals surface area contributed by atoms with Crippen LogP contribution in [0.1, 0.15) is 40.0 Å². The Balaban J connectivity index is 2.14. The van der Waals surface area contributed by atoms with Crippen LogP contribution >= 0.6 is 0 Å². The lowest BCUT2D eigenvalue weighted by molar-refractivity contribution is -0.274. The van der Waals surface area contributed by atoms with Gasteiger partial charge < -0.3 is 25.0 Å². The van der Waals surface area contributed by atoms with Crippen LogP contribution in [0.3, 0.4) is 0 Å².